The second kappa shape index (κ2) is 4.11. The molecule has 0 unspecified atom stereocenters. The molecule has 4 heteroatoms. The average molecular weight is 195 g/mol. The SMILES string of the molecule is COC(=O)[C@@H](N)c1cccc(C)c1O. The summed E-state index contributed by atoms with van der Waals surface area (Å²) in [6.45, 7) is 1.74. The molecule has 0 aliphatic heterocycles. The Morgan fingerprint density at radius 3 is 2.79 bits per heavy atom. The second-order valence-electron chi connectivity index (χ2n) is 3.01. The van der Waals surface area contributed by atoms with Crippen molar-refractivity contribution in [3.05, 3.63) is 29.3 Å². The zero-order valence-electron chi connectivity index (χ0n) is 8.15. The van der Waals surface area contributed by atoms with Gasteiger partial charge in [-0.25, -0.2) is 0 Å². The monoisotopic (exact) mass is 195 g/mol. The Morgan fingerprint density at radius 1 is 1.57 bits per heavy atom. The van der Waals surface area contributed by atoms with E-state index in [9.17, 15) is 9.90 Å². The third kappa shape index (κ3) is 1.85. The van der Waals surface area contributed by atoms with Gasteiger partial charge in [-0.1, -0.05) is 18.2 Å². The summed E-state index contributed by atoms with van der Waals surface area (Å²) in [4.78, 5) is 11.1. The minimum atomic E-state index is -0.931. The Bertz CT molecular complexity index is 349. The largest absolute Gasteiger partial charge is 0.507 e. The van der Waals surface area contributed by atoms with E-state index in [0.29, 0.717) is 11.1 Å². The van der Waals surface area contributed by atoms with Gasteiger partial charge in [-0.15, -0.1) is 0 Å². The number of hydrogen-bond donors (Lipinski definition) is 2. The molecule has 3 N–H and O–H groups in total. The highest BCUT2D eigenvalue weighted by atomic mass is 16.5. The summed E-state index contributed by atoms with van der Waals surface area (Å²) in [5, 5.41) is 9.62. The molecule has 0 saturated heterocycles. The van der Waals surface area contributed by atoms with Crippen molar-refractivity contribution in [2.75, 3.05) is 7.11 Å². The highest BCUT2D eigenvalue weighted by molar-refractivity contribution is 5.78. The van der Waals surface area contributed by atoms with Gasteiger partial charge in [0.2, 0.25) is 0 Å². The minimum Gasteiger partial charge on any atom is -0.507 e. The van der Waals surface area contributed by atoms with Crippen LogP contribution in [0, 0.1) is 6.92 Å². The van der Waals surface area contributed by atoms with Crippen molar-refractivity contribution in [3.8, 4) is 5.75 Å². The van der Waals surface area contributed by atoms with Gasteiger partial charge in [0.05, 0.1) is 7.11 Å². The highest BCUT2D eigenvalue weighted by Gasteiger charge is 2.19. The van der Waals surface area contributed by atoms with E-state index < -0.39 is 12.0 Å². The molecule has 0 aliphatic carbocycles. The number of aryl methyl sites for hydroxylation is 1. The number of carbonyl (C=O) groups excluding carboxylic acids is 1. The lowest BCUT2D eigenvalue weighted by Crippen LogP contribution is -2.22. The molecule has 1 rings (SSSR count). The van der Waals surface area contributed by atoms with Crippen LogP contribution in [0.4, 0.5) is 0 Å². The number of phenols is 1. The van der Waals surface area contributed by atoms with E-state index in [-0.39, 0.29) is 5.75 Å². The number of benzene rings is 1. The lowest BCUT2D eigenvalue weighted by Gasteiger charge is -2.12. The van der Waals surface area contributed by atoms with E-state index in [2.05, 4.69) is 4.74 Å². The number of aromatic hydroxyl groups is 1. The van der Waals surface area contributed by atoms with Crippen LogP contribution in [0.5, 0.6) is 5.75 Å². The second-order valence-corrected chi connectivity index (χ2v) is 3.01. The molecule has 0 fully saturated rings. The fraction of sp³-hybridized carbons (Fsp3) is 0.300. The maximum Gasteiger partial charge on any atom is 0.327 e. The molecule has 0 saturated carbocycles. The van der Waals surface area contributed by atoms with Crippen LogP contribution in [0.1, 0.15) is 17.2 Å². The van der Waals surface area contributed by atoms with Crippen molar-refractivity contribution in [3.63, 3.8) is 0 Å². The summed E-state index contributed by atoms with van der Waals surface area (Å²) in [5.41, 5.74) is 6.65. The molecule has 0 aromatic heterocycles. The van der Waals surface area contributed by atoms with Crippen molar-refractivity contribution < 1.29 is 14.6 Å². The third-order valence-electron chi connectivity index (χ3n) is 2.06. The molecule has 0 aliphatic rings. The van der Waals surface area contributed by atoms with Crippen LogP contribution < -0.4 is 5.73 Å². The van der Waals surface area contributed by atoms with Crippen LogP contribution in [-0.4, -0.2) is 18.2 Å². The standard InChI is InChI=1S/C10H13NO3/c1-6-4-3-5-7(9(6)12)8(11)10(13)14-2/h3-5,8,12H,11H2,1-2H3/t8-/m0/s1. The quantitative estimate of drug-likeness (QED) is 0.687. The van der Waals surface area contributed by atoms with Gasteiger partial charge in [0.15, 0.2) is 0 Å². The molecule has 1 atom stereocenters. The maximum atomic E-state index is 11.1. The molecule has 0 spiro atoms. The molecular formula is C10H13NO3. The number of carbonyl (C=O) groups is 1. The number of methoxy groups -OCH3 is 1. The fourth-order valence-corrected chi connectivity index (χ4v) is 1.19. The van der Waals surface area contributed by atoms with E-state index >= 15 is 0 Å². The number of rotatable bonds is 2. The zero-order valence-corrected chi connectivity index (χ0v) is 8.15. The topological polar surface area (TPSA) is 72.5 Å². The van der Waals surface area contributed by atoms with Gasteiger partial charge in [0.25, 0.3) is 0 Å². The molecule has 1 aromatic carbocycles. The predicted octanol–water partition coefficient (Wildman–Crippen LogP) is 0.873. The van der Waals surface area contributed by atoms with E-state index in [4.69, 9.17) is 5.73 Å². The van der Waals surface area contributed by atoms with E-state index in [1.54, 1.807) is 25.1 Å². The Balaban J connectivity index is 3.07. The Morgan fingerprint density at radius 2 is 2.21 bits per heavy atom. The number of phenolic OH excluding ortho intramolecular Hbond substituents is 1. The smallest absolute Gasteiger partial charge is 0.327 e. The van der Waals surface area contributed by atoms with Gasteiger partial charge < -0.3 is 15.6 Å². The molecule has 0 bridgehead atoms. The van der Waals surface area contributed by atoms with Gasteiger partial charge in [-0.3, -0.25) is 4.79 Å². The molecule has 76 valence electrons. The number of hydrogen-bond acceptors (Lipinski definition) is 4. The number of para-hydroxylation sites is 1. The van der Waals surface area contributed by atoms with Gasteiger partial charge in [-0.2, -0.15) is 0 Å². The normalized spacial score (nSPS) is 12.2. The first-order valence-electron chi connectivity index (χ1n) is 4.19. The van der Waals surface area contributed by atoms with Crippen molar-refractivity contribution in [2.45, 2.75) is 13.0 Å². The van der Waals surface area contributed by atoms with Crippen LogP contribution in [0.15, 0.2) is 18.2 Å². The van der Waals surface area contributed by atoms with Crippen LogP contribution in [0.3, 0.4) is 0 Å². The van der Waals surface area contributed by atoms with Crippen molar-refractivity contribution in [2.24, 2.45) is 5.73 Å². The first-order valence-corrected chi connectivity index (χ1v) is 4.19. The Kier molecular flexibility index (Phi) is 3.09. The van der Waals surface area contributed by atoms with Crippen LogP contribution in [0.25, 0.3) is 0 Å². The molecule has 0 heterocycles. The summed E-state index contributed by atoms with van der Waals surface area (Å²) in [6, 6.07) is 4.14. The summed E-state index contributed by atoms with van der Waals surface area (Å²) in [7, 11) is 1.26. The molecule has 1 aromatic rings. The molecule has 14 heavy (non-hydrogen) atoms. The van der Waals surface area contributed by atoms with Gasteiger partial charge in [0, 0.05) is 5.56 Å². The lowest BCUT2D eigenvalue weighted by molar-refractivity contribution is -0.142. The highest BCUT2D eigenvalue weighted by Crippen LogP contribution is 2.26. The van der Waals surface area contributed by atoms with Gasteiger partial charge in [0.1, 0.15) is 11.8 Å². The predicted molar refractivity (Wildman–Crippen MR) is 51.8 cm³/mol. The third-order valence-corrected chi connectivity index (χ3v) is 2.06. The van der Waals surface area contributed by atoms with E-state index in [1.807, 2.05) is 0 Å². The number of ether oxygens (including phenoxy) is 1. The number of esters is 1. The van der Waals surface area contributed by atoms with E-state index in [0.717, 1.165) is 0 Å². The average Bonchev–Trinajstić information content (AvgIpc) is 2.20. The first kappa shape index (κ1) is 10.5. The molecule has 0 amide bonds. The lowest BCUT2D eigenvalue weighted by atomic mass is 10.0. The van der Waals surface area contributed by atoms with Crippen LogP contribution in [-0.2, 0) is 9.53 Å². The summed E-state index contributed by atoms with van der Waals surface area (Å²) in [6.07, 6.45) is 0. The number of nitrogens with two attached hydrogens (primary N) is 1. The minimum absolute atomic E-state index is 0.0467. The van der Waals surface area contributed by atoms with Gasteiger partial charge in [-0.05, 0) is 12.5 Å². The fourth-order valence-electron chi connectivity index (χ4n) is 1.19. The zero-order chi connectivity index (χ0) is 10.7. The van der Waals surface area contributed by atoms with Crippen LogP contribution >= 0.6 is 0 Å². The summed E-state index contributed by atoms with van der Waals surface area (Å²) in [5.74, 6) is -0.517. The summed E-state index contributed by atoms with van der Waals surface area (Å²) < 4.78 is 4.49. The maximum absolute atomic E-state index is 11.1. The Labute approximate surface area is 82.3 Å². The van der Waals surface area contributed by atoms with Gasteiger partial charge >= 0.3 is 5.97 Å². The van der Waals surface area contributed by atoms with Crippen molar-refractivity contribution in [1.29, 1.82) is 0 Å². The van der Waals surface area contributed by atoms with E-state index in [1.165, 1.54) is 7.11 Å². The molecule has 4 nitrogen and oxygen atoms in total. The molecule has 0 radical (unpaired) electrons. The summed E-state index contributed by atoms with van der Waals surface area (Å²) >= 11 is 0. The Hall–Kier alpha value is -1.55. The molecular weight excluding hydrogens is 182 g/mol. The van der Waals surface area contributed by atoms with Crippen molar-refractivity contribution >= 4 is 5.97 Å². The van der Waals surface area contributed by atoms with Crippen LogP contribution in [0.2, 0.25) is 0 Å². The first-order chi connectivity index (χ1) is 6.57. The van der Waals surface area contributed by atoms with Crippen molar-refractivity contribution in [1.82, 2.24) is 0 Å².